The third-order valence-electron chi connectivity index (χ3n) is 7.27. The predicted molar refractivity (Wildman–Crippen MR) is 132 cm³/mol. The van der Waals surface area contributed by atoms with Crippen LogP contribution in [0.1, 0.15) is 30.7 Å². The molecule has 0 atom stereocenters. The van der Waals surface area contributed by atoms with Crippen LogP contribution in [0.4, 0.5) is 10.2 Å². The highest BCUT2D eigenvalue weighted by atomic mass is 19.1. The van der Waals surface area contributed by atoms with Crippen molar-refractivity contribution >= 4 is 38.7 Å². The molecule has 5 heterocycles. The number of pyridine rings is 2. The zero-order valence-electron chi connectivity index (χ0n) is 18.7. The first-order chi connectivity index (χ1) is 16.8. The number of H-pyrrole nitrogens is 1. The summed E-state index contributed by atoms with van der Waals surface area (Å²) in [7, 11) is 0. The van der Waals surface area contributed by atoms with Gasteiger partial charge in [-0.25, -0.2) is 19.3 Å². The Balaban J connectivity index is 1.51. The van der Waals surface area contributed by atoms with Crippen LogP contribution in [0.3, 0.4) is 0 Å². The van der Waals surface area contributed by atoms with Crippen LogP contribution in [0.2, 0.25) is 0 Å². The van der Waals surface area contributed by atoms with E-state index in [0.717, 1.165) is 64.8 Å². The van der Waals surface area contributed by atoms with Crippen molar-refractivity contribution in [3.8, 4) is 11.4 Å². The van der Waals surface area contributed by atoms with E-state index in [4.69, 9.17) is 9.97 Å². The second kappa shape index (κ2) is 7.70. The van der Waals surface area contributed by atoms with Crippen LogP contribution in [-0.2, 0) is 0 Å². The summed E-state index contributed by atoms with van der Waals surface area (Å²) in [6.07, 6.45) is 9.25. The molecule has 1 aliphatic carbocycles. The Labute approximate surface area is 195 Å². The molecule has 1 saturated heterocycles. The number of hydrogen-bond acceptors (Lipinski definition) is 6. The smallest absolute Gasteiger partial charge is 0.163 e. The summed E-state index contributed by atoms with van der Waals surface area (Å²) in [6.45, 7) is 3.63. The fraction of sp³-hybridized carbons (Fsp3) is 0.308. The van der Waals surface area contributed by atoms with Crippen LogP contribution in [-0.4, -0.2) is 51.1 Å². The van der Waals surface area contributed by atoms with Crippen molar-refractivity contribution in [1.82, 2.24) is 30.2 Å². The van der Waals surface area contributed by atoms with Gasteiger partial charge in [-0.2, -0.15) is 0 Å². The summed E-state index contributed by atoms with van der Waals surface area (Å²) in [5, 5.41) is 6.19. The number of fused-ring (bicyclic) bond motifs is 4. The number of halogens is 1. The lowest BCUT2D eigenvalue weighted by Gasteiger charge is -2.32. The second-order valence-corrected chi connectivity index (χ2v) is 9.26. The molecule has 8 heteroatoms. The molecule has 0 bridgehead atoms. The van der Waals surface area contributed by atoms with E-state index in [2.05, 4.69) is 25.2 Å². The van der Waals surface area contributed by atoms with Gasteiger partial charge in [-0.05, 0) is 48.6 Å². The van der Waals surface area contributed by atoms with E-state index >= 15 is 0 Å². The third-order valence-corrected chi connectivity index (χ3v) is 7.27. The van der Waals surface area contributed by atoms with Crippen LogP contribution < -0.4 is 10.2 Å². The fourth-order valence-corrected chi connectivity index (χ4v) is 5.32. The predicted octanol–water partition coefficient (Wildman–Crippen LogP) is 4.54. The summed E-state index contributed by atoms with van der Waals surface area (Å²) in [5.74, 6) is 1.84. The zero-order valence-corrected chi connectivity index (χ0v) is 18.7. The van der Waals surface area contributed by atoms with E-state index in [0.29, 0.717) is 17.4 Å². The highest BCUT2D eigenvalue weighted by Crippen LogP contribution is 2.42. The number of piperazine rings is 1. The largest absolute Gasteiger partial charge is 0.353 e. The molecular formula is C26H24FN7. The number of benzene rings is 1. The maximum Gasteiger partial charge on any atom is 0.163 e. The van der Waals surface area contributed by atoms with Crippen molar-refractivity contribution < 1.29 is 4.39 Å². The Bertz CT molecular complexity index is 1550. The molecule has 1 aromatic carbocycles. The van der Waals surface area contributed by atoms with Gasteiger partial charge in [0.15, 0.2) is 5.82 Å². The SMILES string of the molecule is Fc1ccc2[nH]c3nccc(-c4nc(N5CCNCC5)c5c(C6CCC6)cncc5n4)c3c2c1. The molecule has 170 valence electrons. The Morgan fingerprint density at radius 1 is 1.00 bits per heavy atom. The molecule has 7 rings (SSSR count). The van der Waals surface area contributed by atoms with Gasteiger partial charge in [0.05, 0.1) is 11.7 Å². The van der Waals surface area contributed by atoms with E-state index in [1.165, 1.54) is 30.9 Å². The number of nitrogens with one attached hydrogen (secondary N) is 2. The van der Waals surface area contributed by atoms with Crippen molar-refractivity contribution in [2.75, 3.05) is 31.1 Å². The Kier molecular flexibility index (Phi) is 4.48. The lowest BCUT2D eigenvalue weighted by atomic mass is 9.79. The summed E-state index contributed by atoms with van der Waals surface area (Å²) in [6, 6.07) is 6.68. The minimum atomic E-state index is -0.279. The van der Waals surface area contributed by atoms with Gasteiger partial charge in [-0.3, -0.25) is 4.98 Å². The van der Waals surface area contributed by atoms with Gasteiger partial charge >= 0.3 is 0 Å². The zero-order chi connectivity index (χ0) is 22.6. The van der Waals surface area contributed by atoms with Crippen LogP contribution >= 0.6 is 0 Å². The van der Waals surface area contributed by atoms with Crippen molar-refractivity contribution in [3.05, 3.63) is 54.2 Å². The molecule has 7 nitrogen and oxygen atoms in total. The average molecular weight is 454 g/mol. The minimum Gasteiger partial charge on any atom is -0.353 e. The van der Waals surface area contributed by atoms with Crippen LogP contribution in [0, 0.1) is 5.82 Å². The molecule has 1 aliphatic heterocycles. The second-order valence-electron chi connectivity index (χ2n) is 9.26. The first-order valence-corrected chi connectivity index (χ1v) is 11.9. The maximum atomic E-state index is 14.2. The molecular weight excluding hydrogens is 429 g/mol. The van der Waals surface area contributed by atoms with Crippen molar-refractivity contribution in [2.45, 2.75) is 25.2 Å². The van der Waals surface area contributed by atoms with Crippen molar-refractivity contribution in [1.29, 1.82) is 0 Å². The van der Waals surface area contributed by atoms with Gasteiger partial charge in [-0.1, -0.05) is 6.42 Å². The lowest BCUT2D eigenvalue weighted by molar-refractivity contribution is 0.421. The Morgan fingerprint density at radius 3 is 2.71 bits per heavy atom. The van der Waals surface area contributed by atoms with Gasteiger partial charge < -0.3 is 15.2 Å². The number of hydrogen-bond donors (Lipinski definition) is 2. The van der Waals surface area contributed by atoms with Gasteiger partial charge in [0.2, 0.25) is 0 Å². The topological polar surface area (TPSA) is 82.6 Å². The summed E-state index contributed by atoms with van der Waals surface area (Å²) < 4.78 is 14.2. The van der Waals surface area contributed by atoms with Gasteiger partial charge in [-0.15, -0.1) is 0 Å². The maximum absolute atomic E-state index is 14.2. The van der Waals surface area contributed by atoms with E-state index in [1.807, 2.05) is 18.5 Å². The number of nitrogens with zero attached hydrogens (tertiary/aromatic N) is 5. The summed E-state index contributed by atoms with van der Waals surface area (Å²) >= 11 is 0. The standard InChI is InChI=1S/C26H24FN7/c27-16-4-5-20-18(12-16)22-17(6-7-30-25(22)31-20)24-32-21-14-29-13-19(15-2-1-3-15)23(21)26(33-24)34-10-8-28-9-11-34/h4-7,12-15,28H,1-3,8-11H2,(H,30,31). The van der Waals surface area contributed by atoms with Crippen LogP contribution in [0.15, 0.2) is 42.9 Å². The number of aromatic nitrogens is 5. The van der Waals surface area contributed by atoms with Gasteiger partial charge in [0.1, 0.15) is 17.3 Å². The first-order valence-electron chi connectivity index (χ1n) is 11.9. The average Bonchev–Trinajstić information content (AvgIpc) is 3.21. The highest BCUT2D eigenvalue weighted by molar-refractivity contribution is 6.12. The van der Waals surface area contributed by atoms with Crippen molar-refractivity contribution in [2.24, 2.45) is 0 Å². The summed E-state index contributed by atoms with van der Waals surface area (Å²) in [4.78, 5) is 24.9. The molecule has 2 fully saturated rings. The van der Waals surface area contributed by atoms with Crippen molar-refractivity contribution in [3.63, 3.8) is 0 Å². The molecule has 2 N–H and O–H groups in total. The fourth-order valence-electron chi connectivity index (χ4n) is 5.32. The van der Waals surface area contributed by atoms with E-state index in [1.54, 1.807) is 18.3 Å². The minimum absolute atomic E-state index is 0.279. The molecule has 0 radical (unpaired) electrons. The molecule has 1 saturated carbocycles. The van der Waals surface area contributed by atoms with E-state index < -0.39 is 0 Å². The number of anilines is 1. The molecule has 5 aromatic rings. The van der Waals surface area contributed by atoms with Gasteiger partial charge in [0, 0.05) is 65.8 Å². The molecule has 0 amide bonds. The van der Waals surface area contributed by atoms with Crippen LogP contribution in [0.5, 0.6) is 0 Å². The molecule has 4 aromatic heterocycles. The number of rotatable bonds is 3. The Hall–Kier alpha value is -3.65. The molecule has 0 spiro atoms. The quantitative estimate of drug-likeness (QED) is 0.417. The van der Waals surface area contributed by atoms with E-state index in [9.17, 15) is 4.39 Å². The van der Waals surface area contributed by atoms with Gasteiger partial charge in [0.25, 0.3) is 0 Å². The molecule has 2 aliphatic rings. The lowest BCUT2D eigenvalue weighted by Crippen LogP contribution is -2.44. The highest BCUT2D eigenvalue weighted by Gasteiger charge is 2.27. The summed E-state index contributed by atoms with van der Waals surface area (Å²) in [5.41, 5.74) is 4.51. The number of aromatic amines is 1. The Morgan fingerprint density at radius 2 is 1.88 bits per heavy atom. The monoisotopic (exact) mass is 453 g/mol. The van der Waals surface area contributed by atoms with E-state index in [-0.39, 0.29) is 5.82 Å². The first kappa shape index (κ1) is 19.8. The van der Waals surface area contributed by atoms with Crippen LogP contribution in [0.25, 0.3) is 44.2 Å². The molecule has 34 heavy (non-hydrogen) atoms. The molecule has 0 unspecified atom stereocenters. The third kappa shape index (κ3) is 3.05. The normalized spacial score (nSPS) is 17.0.